The van der Waals surface area contributed by atoms with Gasteiger partial charge in [-0.2, -0.15) is 0 Å². The molecule has 0 saturated carbocycles. The summed E-state index contributed by atoms with van der Waals surface area (Å²) in [6.07, 6.45) is 0. The fourth-order valence-corrected chi connectivity index (χ4v) is 1.66. The number of fused-ring (bicyclic) bond motifs is 1. The fourth-order valence-electron chi connectivity index (χ4n) is 1.66. The van der Waals surface area contributed by atoms with Crippen molar-refractivity contribution in [3.8, 4) is 0 Å². The molecule has 0 bridgehead atoms. The zero-order valence-electron chi connectivity index (χ0n) is 7.90. The topological polar surface area (TPSA) is 86.5 Å². The van der Waals surface area contributed by atoms with E-state index in [9.17, 15) is 14.7 Å². The number of anilines is 1. The molecule has 1 aliphatic heterocycles. The minimum Gasteiger partial charge on any atom is -0.548 e. The van der Waals surface area contributed by atoms with Gasteiger partial charge in [-0.15, -0.1) is 0 Å². The third-order valence-electron chi connectivity index (χ3n) is 2.33. The molecule has 0 unspecified atom stereocenters. The second-order valence-corrected chi connectivity index (χ2v) is 3.45. The Bertz CT molecular complexity index is 442. The van der Waals surface area contributed by atoms with Gasteiger partial charge in [-0.25, -0.2) is 0 Å². The van der Waals surface area contributed by atoms with Gasteiger partial charge >= 0.3 is 0 Å². The standard InChI is InChI=1S/C10H10N2O3/c11-7-2-1-6-4-12(5-9(13)14)10(15)8(6)3-7/h1-3H,4-5,11H2,(H,13,14)/p-1. The molecule has 0 saturated heterocycles. The van der Waals surface area contributed by atoms with Crippen LogP contribution in [0.15, 0.2) is 18.2 Å². The van der Waals surface area contributed by atoms with Crippen LogP contribution in [0.5, 0.6) is 0 Å². The molecule has 1 heterocycles. The van der Waals surface area contributed by atoms with Gasteiger partial charge in [0.2, 0.25) is 0 Å². The van der Waals surface area contributed by atoms with Crippen molar-refractivity contribution in [1.82, 2.24) is 4.90 Å². The molecule has 0 fully saturated rings. The Morgan fingerprint density at radius 2 is 2.27 bits per heavy atom. The van der Waals surface area contributed by atoms with Crippen molar-refractivity contribution < 1.29 is 14.7 Å². The van der Waals surface area contributed by atoms with E-state index in [2.05, 4.69) is 0 Å². The number of nitrogen functional groups attached to an aromatic ring is 1. The molecule has 15 heavy (non-hydrogen) atoms. The number of nitrogens with zero attached hydrogens (tertiary/aromatic N) is 1. The zero-order chi connectivity index (χ0) is 11.0. The quantitative estimate of drug-likeness (QED) is 0.626. The second kappa shape index (κ2) is 3.27. The number of benzene rings is 1. The van der Waals surface area contributed by atoms with Crippen LogP contribution in [-0.2, 0) is 11.3 Å². The van der Waals surface area contributed by atoms with E-state index < -0.39 is 5.97 Å². The number of hydrogen-bond acceptors (Lipinski definition) is 4. The Morgan fingerprint density at radius 1 is 1.53 bits per heavy atom. The van der Waals surface area contributed by atoms with Gasteiger partial charge in [0.15, 0.2) is 0 Å². The molecule has 1 aliphatic rings. The summed E-state index contributed by atoms with van der Waals surface area (Å²) < 4.78 is 0. The summed E-state index contributed by atoms with van der Waals surface area (Å²) in [4.78, 5) is 23.3. The summed E-state index contributed by atoms with van der Waals surface area (Å²) in [7, 11) is 0. The van der Waals surface area contributed by atoms with Crippen molar-refractivity contribution in [2.45, 2.75) is 6.54 Å². The lowest BCUT2D eigenvalue weighted by Crippen LogP contribution is -2.38. The molecule has 0 spiro atoms. The molecule has 5 heteroatoms. The molecule has 0 aromatic heterocycles. The first-order valence-corrected chi connectivity index (χ1v) is 4.45. The zero-order valence-corrected chi connectivity index (χ0v) is 7.90. The molecular formula is C10H9N2O3-. The third kappa shape index (κ3) is 1.63. The van der Waals surface area contributed by atoms with Gasteiger partial charge in [-0.1, -0.05) is 6.07 Å². The number of carboxylic acids is 1. The van der Waals surface area contributed by atoms with E-state index >= 15 is 0 Å². The highest BCUT2D eigenvalue weighted by Gasteiger charge is 2.26. The van der Waals surface area contributed by atoms with Crippen molar-refractivity contribution >= 4 is 17.6 Å². The van der Waals surface area contributed by atoms with E-state index in [1.54, 1.807) is 18.2 Å². The highest BCUT2D eigenvalue weighted by molar-refractivity contribution is 6.00. The Labute approximate surface area is 86.1 Å². The predicted molar refractivity (Wildman–Crippen MR) is 50.6 cm³/mol. The molecule has 0 aliphatic carbocycles. The van der Waals surface area contributed by atoms with Crippen molar-refractivity contribution in [1.29, 1.82) is 0 Å². The van der Waals surface area contributed by atoms with E-state index in [0.29, 0.717) is 17.8 Å². The Kier molecular flexibility index (Phi) is 2.07. The van der Waals surface area contributed by atoms with Crippen LogP contribution in [0.4, 0.5) is 5.69 Å². The highest BCUT2D eigenvalue weighted by Crippen LogP contribution is 2.24. The number of carbonyl (C=O) groups is 2. The van der Waals surface area contributed by atoms with Gasteiger partial charge in [-0.3, -0.25) is 4.79 Å². The Balaban J connectivity index is 2.29. The lowest BCUT2D eigenvalue weighted by atomic mass is 10.1. The van der Waals surface area contributed by atoms with Gasteiger partial charge in [0.1, 0.15) is 0 Å². The SMILES string of the molecule is Nc1ccc2c(c1)C(=O)N(CC(=O)[O-])C2. The number of amides is 1. The van der Waals surface area contributed by atoms with Crippen LogP contribution in [0, 0.1) is 0 Å². The number of hydrogen-bond donors (Lipinski definition) is 1. The maximum Gasteiger partial charge on any atom is 0.254 e. The van der Waals surface area contributed by atoms with Gasteiger partial charge in [0.25, 0.3) is 5.91 Å². The first-order chi connectivity index (χ1) is 7.08. The van der Waals surface area contributed by atoms with Crippen molar-refractivity contribution in [3.05, 3.63) is 29.3 Å². The number of nitrogens with two attached hydrogens (primary N) is 1. The molecule has 0 atom stereocenters. The largest absolute Gasteiger partial charge is 0.548 e. The van der Waals surface area contributed by atoms with Crippen LogP contribution in [-0.4, -0.2) is 23.3 Å². The third-order valence-corrected chi connectivity index (χ3v) is 2.33. The molecule has 2 rings (SSSR count). The minimum atomic E-state index is -1.26. The molecule has 2 N–H and O–H groups in total. The maximum atomic E-state index is 11.7. The fraction of sp³-hybridized carbons (Fsp3) is 0.200. The van der Waals surface area contributed by atoms with E-state index in [0.717, 1.165) is 5.56 Å². The number of rotatable bonds is 2. The maximum absolute atomic E-state index is 11.7. The van der Waals surface area contributed by atoms with Gasteiger partial charge in [0, 0.05) is 17.8 Å². The molecular weight excluding hydrogens is 196 g/mol. The Hall–Kier alpha value is -2.04. The lowest BCUT2D eigenvalue weighted by molar-refractivity contribution is -0.305. The van der Waals surface area contributed by atoms with Crippen molar-refractivity contribution in [2.24, 2.45) is 0 Å². The van der Waals surface area contributed by atoms with Gasteiger partial charge in [-0.05, 0) is 17.7 Å². The van der Waals surface area contributed by atoms with Crippen LogP contribution >= 0.6 is 0 Å². The van der Waals surface area contributed by atoms with Gasteiger partial charge in [0.05, 0.1) is 12.5 Å². The van der Waals surface area contributed by atoms with Crippen LogP contribution in [0.2, 0.25) is 0 Å². The van der Waals surface area contributed by atoms with Gasteiger partial charge < -0.3 is 20.5 Å². The molecule has 1 aromatic rings. The number of aliphatic carboxylic acids is 1. The molecule has 0 radical (unpaired) electrons. The monoisotopic (exact) mass is 205 g/mol. The number of carbonyl (C=O) groups excluding carboxylic acids is 2. The average Bonchev–Trinajstić information content (AvgIpc) is 2.44. The summed E-state index contributed by atoms with van der Waals surface area (Å²) in [5, 5.41) is 10.4. The summed E-state index contributed by atoms with van der Waals surface area (Å²) in [5.74, 6) is -1.56. The van der Waals surface area contributed by atoms with Crippen LogP contribution in [0.3, 0.4) is 0 Å². The summed E-state index contributed by atoms with van der Waals surface area (Å²) in [6.45, 7) is -0.0736. The van der Waals surface area contributed by atoms with Crippen LogP contribution in [0.25, 0.3) is 0 Å². The first-order valence-electron chi connectivity index (χ1n) is 4.45. The minimum absolute atomic E-state index is 0.304. The Morgan fingerprint density at radius 3 is 2.93 bits per heavy atom. The van der Waals surface area contributed by atoms with Crippen molar-refractivity contribution in [2.75, 3.05) is 12.3 Å². The number of carboxylic acid groups (broad SMARTS) is 1. The van der Waals surface area contributed by atoms with E-state index in [-0.39, 0.29) is 12.5 Å². The molecule has 1 aromatic carbocycles. The lowest BCUT2D eigenvalue weighted by Gasteiger charge is -2.15. The van der Waals surface area contributed by atoms with Crippen LogP contribution < -0.4 is 10.8 Å². The molecule has 5 nitrogen and oxygen atoms in total. The summed E-state index contributed by atoms with van der Waals surface area (Å²) >= 11 is 0. The predicted octanol–water partition coefficient (Wildman–Crippen LogP) is -1.03. The van der Waals surface area contributed by atoms with Crippen LogP contribution in [0.1, 0.15) is 15.9 Å². The normalized spacial score (nSPS) is 14.1. The van der Waals surface area contributed by atoms with E-state index in [1.165, 1.54) is 4.90 Å². The second-order valence-electron chi connectivity index (χ2n) is 3.45. The highest BCUT2D eigenvalue weighted by atomic mass is 16.4. The average molecular weight is 205 g/mol. The first kappa shape index (κ1) is 9.51. The summed E-state index contributed by atoms with van der Waals surface area (Å²) in [5.41, 5.74) is 7.32. The smallest absolute Gasteiger partial charge is 0.254 e. The molecule has 78 valence electrons. The van der Waals surface area contributed by atoms with E-state index in [1.807, 2.05) is 0 Å². The summed E-state index contributed by atoms with van der Waals surface area (Å²) in [6, 6.07) is 4.99. The van der Waals surface area contributed by atoms with Crippen molar-refractivity contribution in [3.63, 3.8) is 0 Å². The molecule has 1 amide bonds. The van der Waals surface area contributed by atoms with E-state index in [4.69, 9.17) is 5.73 Å².